The number of primary amides is 1. The summed E-state index contributed by atoms with van der Waals surface area (Å²) >= 11 is 1.21. The molecular weight excluding hydrogens is 204 g/mol. The lowest BCUT2D eigenvalue weighted by Gasteiger charge is -2.10. The Hall–Kier alpha value is -1.24. The fraction of sp³-hybridized carbons (Fsp3) is 0.571. The van der Waals surface area contributed by atoms with Crippen LogP contribution in [0.1, 0.15) is 6.92 Å². The molecule has 0 aromatic rings. The van der Waals surface area contributed by atoms with Crippen molar-refractivity contribution in [3.05, 3.63) is 0 Å². The van der Waals surface area contributed by atoms with Gasteiger partial charge in [-0.05, 0) is 6.92 Å². The van der Waals surface area contributed by atoms with Crippen LogP contribution in [0.25, 0.3) is 0 Å². The fourth-order valence-electron chi connectivity index (χ4n) is 0.667. The molecule has 0 fully saturated rings. The van der Waals surface area contributed by atoms with Gasteiger partial charge < -0.3 is 11.1 Å². The van der Waals surface area contributed by atoms with Crippen molar-refractivity contribution in [2.45, 2.75) is 12.2 Å². The van der Waals surface area contributed by atoms with Gasteiger partial charge in [-0.1, -0.05) is 11.8 Å². The number of imide groups is 1. The van der Waals surface area contributed by atoms with E-state index in [0.29, 0.717) is 5.17 Å². The molecule has 14 heavy (non-hydrogen) atoms. The van der Waals surface area contributed by atoms with E-state index in [2.05, 4.69) is 10.3 Å². The normalized spacial score (nSPS) is 13.2. The molecule has 4 N–H and O–H groups in total. The van der Waals surface area contributed by atoms with Crippen LogP contribution in [0, 0.1) is 0 Å². The number of carbonyl (C=O) groups excluding carboxylic acids is 2. The van der Waals surface area contributed by atoms with Crippen molar-refractivity contribution in [1.29, 1.82) is 0 Å². The van der Waals surface area contributed by atoms with Gasteiger partial charge in [0.25, 0.3) is 0 Å². The zero-order chi connectivity index (χ0) is 11.1. The summed E-state index contributed by atoms with van der Waals surface area (Å²) in [7, 11) is 3.31. The number of nitrogens with two attached hydrogens (primary N) is 1. The molecule has 7 heteroatoms. The average Bonchev–Trinajstić information content (AvgIpc) is 2.12. The molecule has 0 rings (SSSR count). The summed E-state index contributed by atoms with van der Waals surface area (Å²) in [4.78, 5) is 25.5. The lowest BCUT2D eigenvalue weighted by molar-refractivity contribution is -0.119. The second-order valence-electron chi connectivity index (χ2n) is 2.39. The minimum atomic E-state index is -0.845. The van der Waals surface area contributed by atoms with Gasteiger partial charge in [-0.2, -0.15) is 0 Å². The summed E-state index contributed by atoms with van der Waals surface area (Å²) in [6, 6.07) is -0.845. The van der Waals surface area contributed by atoms with E-state index in [1.807, 2.05) is 5.32 Å². The van der Waals surface area contributed by atoms with Crippen LogP contribution in [0.15, 0.2) is 4.99 Å². The lowest BCUT2D eigenvalue weighted by atomic mass is 10.4. The number of aliphatic imine (C=N–C) groups is 1. The van der Waals surface area contributed by atoms with E-state index in [9.17, 15) is 9.59 Å². The molecule has 0 saturated heterocycles. The number of amides is 3. The predicted molar refractivity (Wildman–Crippen MR) is 57.2 cm³/mol. The van der Waals surface area contributed by atoms with Crippen LogP contribution >= 0.6 is 11.8 Å². The quantitative estimate of drug-likeness (QED) is 0.430. The van der Waals surface area contributed by atoms with Gasteiger partial charge in [0.15, 0.2) is 5.17 Å². The Labute approximate surface area is 86.7 Å². The highest BCUT2D eigenvalue weighted by Gasteiger charge is 2.16. The van der Waals surface area contributed by atoms with Crippen molar-refractivity contribution < 1.29 is 9.59 Å². The molecular formula is C7H14N4O2S. The topological polar surface area (TPSA) is 96.6 Å². The van der Waals surface area contributed by atoms with Crippen LogP contribution in [0.2, 0.25) is 0 Å². The van der Waals surface area contributed by atoms with Crippen LogP contribution in [-0.4, -0.2) is 36.5 Å². The summed E-state index contributed by atoms with van der Waals surface area (Å²) in [6.45, 7) is 1.66. The van der Waals surface area contributed by atoms with E-state index in [1.165, 1.54) is 11.8 Å². The Kier molecular flexibility index (Phi) is 5.70. The summed E-state index contributed by atoms with van der Waals surface area (Å²) in [6.07, 6.45) is 0. The second kappa shape index (κ2) is 6.25. The fourth-order valence-corrected chi connectivity index (χ4v) is 1.39. The Balaban J connectivity index is 4.13. The number of nitrogens with zero attached hydrogens (tertiary/aromatic N) is 1. The molecule has 0 aliphatic heterocycles. The van der Waals surface area contributed by atoms with E-state index >= 15 is 0 Å². The first-order valence-corrected chi connectivity index (χ1v) is 4.80. The number of carbonyl (C=O) groups is 2. The third kappa shape index (κ3) is 4.70. The van der Waals surface area contributed by atoms with Crippen LogP contribution < -0.4 is 16.4 Å². The van der Waals surface area contributed by atoms with Gasteiger partial charge in [0.2, 0.25) is 5.91 Å². The first-order chi connectivity index (χ1) is 6.51. The largest absolute Gasteiger partial charge is 0.368 e. The number of nitrogens with one attached hydrogen (secondary N) is 2. The molecule has 0 aliphatic rings. The maximum Gasteiger partial charge on any atom is 0.318 e. The molecule has 0 radical (unpaired) electrons. The van der Waals surface area contributed by atoms with Gasteiger partial charge in [0.1, 0.15) is 0 Å². The average molecular weight is 218 g/mol. The third-order valence-corrected chi connectivity index (χ3v) is 2.50. The van der Waals surface area contributed by atoms with Crippen LogP contribution in [0.5, 0.6) is 0 Å². The Morgan fingerprint density at radius 2 is 2.07 bits per heavy atom. The number of rotatable bonds is 2. The minimum Gasteiger partial charge on any atom is -0.368 e. The highest BCUT2D eigenvalue weighted by atomic mass is 32.2. The molecule has 0 spiro atoms. The van der Waals surface area contributed by atoms with Gasteiger partial charge >= 0.3 is 6.03 Å². The van der Waals surface area contributed by atoms with Crippen LogP contribution in [0.3, 0.4) is 0 Å². The first kappa shape index (κ1) is 12.8. The molecule has 0 aliphatic carbocycles. The molecule has 1 unspecified atom stereocenters. The molecule has 0 aromatic carbocycles. The molecule has 80 valence electrons. The Bertz CT molecular complexity index is 254. The first-order valence-electron chi connectivity index (χ1n) is 3.92. The number of thioether (sulfide) groups is 1. The summed E-state index contributed by atoms with van der Waals surface area (Å²) in [5.41, 5.74) is 4.80. The van der Waals surface area contributed by atoms with Gasteiger partial charge in [0, 0.05) is 14.1 Å². The number of urea groups is 1. The van der Waals surface area contributed by atoms with Gasteiger partial charge in [0.05, 0.1) is 5.25 Å². The molecule has 0 saturated carbocycles. The SMILES string of the molecule is CN=C(NC)SC(C)C(=O)NC(N)=O. The number of amidine groups is 1. The highest BCUT2D eigenvalue weighted by Crippen LogP contribution is 2.10. The van der Waals surface area contributed by atoms with Gasteiger partial charge in [-0.15, -0.1) is 0 Å². The highest BCUT2D eigenvalue weighted by molar-refractivity contribution is 8.14. The van der Waals surface area contributed by atoms with Crippen molar-refractivity contribution in [2.24, 2.45) is 10.7 Å². The van der Waals surface area contributed by atoms with E-state index in [0.717, 1.165) is 0 Å². The monoisotopic (exact) mass is 218 g/mol. The van der Waals surface area contributed by atoms with Crippen LogP contribution in [0.4, 0.5) is 4.79 Å². The van der Waals surface area contributed by atoms with E-state index in [-0.39, 0.29) is 0 Å². The minimum absolute atomic E-state index is 0.423. The molecule has 3 amide bonds. The zero-order valence-electron chi connectivity index (χ0n) is 8.33. The second-order valence-corrected chi connectivity index (χ2v) is 3.72. The molecule has 0 bridgehead atoms. The van der Waals surface area contributed by atoms with Crippen molar-refractivity contribution in [1.82, 2.24) is 10.6 Å². The summed E-state index contributed by atoms with van der Waals surface area (Å²) in [5, 5.41) is 5.00. The predicted octanol–water partition coefficient (Wildman–Crippen LogP) is -0.492. The van der Waals surface area contributed by atoms with E-state index in [1.54, 1.807) is 21.0 Å². The molecule has 1 atom stereocenters. The molecule has 0 aromatic heterocycles. The molecule has 0 heterocycles. The smallest absolute Gasteiger partial charge is 0.318 e. The van der Waals surface area contributed by atoms with Crippen molar-refractivity contribution in [3.63, 3.8) is 0 Å². The van der Waals surface area contributed by atoms with Crippen molar-refractivity contribution in [2.75, 3.05) is 14.1 Å². The van der Waals surface area contributed by atoms with Crippen LogP contribution in [-0.2, 0) is 4.79 Å². The number of hydrogen-bond acceptors (Lipinski definition) is 4. The summed E-state index contributed by atoms with van der Waals surface area (Å²) < 4.78 is 0. The van der Waals surface area contributed by atoms with Crippen molar-refractivity contribution >= 4 is 28.9 Å². The number of hydrogen-bond donors (Lipinski definition) is 3. The van der Waals surface area contributed by atoms with Gasteiger partial charge in [-0.3, -0.25) is 15.1 Å². The maximum atomic E-state index is 11.2. The van der Waals surface area contributed by atoms with E-state index in [4.69, 9.17) is 5.73 Å². The summed E-state index contributed by atoms with van der Waals surface area (Å²) in [5.74, 6) is -0.432. The zero-order valence-corrected chi connectivity index (χ0v) is 9.14. The van der Waals surface area contributed by atoms with E-state index < -0.39 is 17.2 Å². The maximum absolute atomic E-state index is 11.2. The Morgan fingerprint density at radius 3 is 2.43 bits per heavy atom. The lowest BCUT2D eigenvalue weighted by Crippen LogP contribution is -2.40. The Morgan fingerprint density at radius 1 is 1.50 bits per heavy atom. The van der Waals surface area contributed by atoms with Crippen molar-refractivity contribution in [3.8, 4) is 0 Å². The van der Waals surface area contributed by atoms with Gasteiger partial charge in [-0.25, -0.2) is 4.79 Å². The third-order valence-electron chi connectivity index (χ3n) is 1.32. The molecule has 6 nitrogen and oxygen atoms in total. The standard InChI is InChI=1S/C7H14N4O2S/c1-4(5(12)11-6(8)13)14-7(9-2)10-3/h4H,1-3H3,(H,9,10)(H3,8,11,12,13).